The van der Waals surface area contributed by atoms with E-state index in [-0.39, 0.29) is 6.54 Å². The molecule has 1 aliphatic heterocycles. The van der Waals surface area contributed by atoms with E-state index in [4.69, 9.17) is 0 Å². The average Bonchev–Trinajstić information content (AvgIpc) is 3.05. The van der Waals surface area contributed by atoms with E-state index < -0.39 is 10.0 Å². The molecule has 0 saturated carbocycles. The van der Waals surface area contributed by atoms with Gasteiger partial charge in [0, 0.05) is 24.5 Å². The molecule has 1 aliphatic rings. The second-order valence-electron chi connectivity index (χ2n) is 4.98. The van der Waals surface area contributed by atoms with Crippen LogP contribution in [-0.4, -0.2) is 41.1 Å². The molecular formula is C12H17N5O2S2. The Balaban J connectivity index is 1.97. The monoisotopic (exact) mass is 327 g/mol. The molecule has 21 heavy (non-hydrogen) atoms. The third kappa shape index (κ3) is 2.50. The summed E-state index contributed by atoms with van der Waals surface area (Å²) in [6.45, 7) is 3.70. The van der Waals surface area contributed by atoms with Crippen LogP contribution in [0.3, 0.4) is 0 Å². The number of thiophene rings is 1. The lowest BCUT2D eigenvalue weighted by atomic mass is 10.3. The summed E-state index contributed by atoms with van der Waals surface area (Å²) in [4.78, 5) is 1.29. The molecule has 1 N–H and O–H groups in total. The van der Waals surface area contributed by atoms with E-state index >= 15 is 0 Å². The van der Waals surface area contributed by atoms with Gasteiger partial charge < -0.3 is 9.88 Å². The fourth-order valence-electron chi connectivity index (χ4n) is 2.49. The van der Waals surface area contributed by atoms with E-state index in [0.29, 0.717) is 30.4 Å². The minimum atomic E-state index is -3.50. The van der Waals surface area contributed by atoms with Crippen molar-refractivity contribution >= 4 is 21.4 Å². The molecule has 7 nitrogen and oxygen atoms in total. The van der Waals surface area contributed by atoms with E-state index in [1.54, 1.807) is 6.33 Å². The minimum absolute atomic E-state index is 0.274. The second-order valence-corrected chi connectivity index (χ2v) is 7.82. The molecule has 0 aliphatic carbocycles. The largest absolute Gasteiger partial charge is 0.315 e. The van der Waals surface area contributed by atoms with Crippen molar-refractivity contribution in [1.82, 2.24) is 24.4 Å². The smallest absolute Gasteiger partial charge is 0.244 e. The first kappa shape index (κ1) is 14.6. The first-order chi connectivity index (χ1) is 10.0. The van der Waals surface area contributed by atoms with E-state index in [2.05, 4.69) is 15.5 Å². The summed E-state index contributed by atoms with van der Waals surface area (Å²) in [6, 6.07) is 0. The number of hydrogen-bond donors (Lipinski definition) is 1. The fourth-order valence-corrected chi connectivity index (χ4v) is 5.65. The zero-order valence-corrected chi connectivity index (χ0v) is 13.5. The van der Waals surface area contributed by atoms with Gasteiger partial charge in [-0.25, -0.2) is 8.42 Å². The van der Waals surface area contributed by atoms with Crippen molar-refractivity contribution in [3.63, 3.8) is 0 Å². The highest BCUT2D eigenvalue weighted by molar-refractivity contribution is 7.89. The third-order valence-corrected chi connectivity index (χ3v) is 6.84. The van der Waals surface area contributed by atoms with Gasteiger partial charge in [0.05, 0.1) is 6.54 Å². The molecule has 3 rings (SSSR count). The molecule has 0 aromatic carbocycles. The number of aryl methyl sites for hydroxylation is 1. The Kier molecular flexibility index (Phi) is 3.82. The topological polar surface area (TPSA) is 80.1 Å². The maximum absolute atomic E-state index is 12.9. The number of fused-ring (bicyclic) bond motifs is 1. The molecule has 0 spiro atoms. The SMILES string of the molecule is CNCc1scc(C)c1S(=O)(=O)N1CCn2cnnc2C1. The molecule has 0 radical (unpaired) electrons. The molecule has 0 saturated heterocycles. The van der Waals surface area contributed by atoms with Crippen molar-refractivity contribution in [3.8, 4) is 0 Å². The molecule has 114 valence electrons. The zero-order valence-electron chi connectivity index (χ0n) is 11.9. The van der Waals surface area contributed by atoms with Gasteiger partial charge in [0.1, 0.15) is 17.0 Å². The molecule has 0 unspecified atom stereocenters. The highest BCUT2D eigenvalue weighted by Crippen LogP contribution is 2.30. The second kappa shape index (κ2) is 5.48. The molecule has 0 amide bonds. The quantitative estimate of drug-likeness (QED) is 0.888. The summed E-state index contributed by atoms with van der Waals surface area (Å²) in [5.41, 5.74) is 0.803. The van der Waals surface area contributed by atoms with Crippen LogP contribution in [-0.2, 0) is 29.7 Å². The van der Waals surface area contributed by atoms with Crippen LogP contribution >= 0.6 is 11.3 Å². The Morgan fingerprint density at radius 1 is 1.43 bits per heavy atom. The van der Waals surface area contributed by atoms with Crippen LogP contribution < -0.4 is 5.32 Å². The van der Waals surface area contributed by atoms with Gasteiger partial charge in [-0.2, -0.15) is 4.31 Å². The molecule has 0 bridgehead atoms. The van der Waals surface area contributed by atoms with Crippen molar-refractivity contribution in [1.29, 1.82) is 0 Å². The van der Waals surface area contributed by atoms with E-state index in [9.17, 15) is 8.42 Å². The lowest BCUT2D eigenvalue weighted by Gasteiger charge is -2.26. The van der Waals surface area contributed by atoms with Crippen molar-refractivity contribution < 1.29 is 8.42 Å². The van der Waals surface area contributed by atoms with Crippen LogP contribution in [0.15, 0.2) is 16.6 Å². The number of nitrogens with one attached hydrogen (secondary N) is 1. The lowest BCUT2D eigenvalue weighted by Crippen LogP contribution is -2.38. The van der Waals surface area contributed by atoms with E-state index in [0.717, 1.165) is 10.4 Å². The summed E-state index contributed by atoms with van der Waals surface area (Å²) in [5.74, 6) is 0.688. The molecule has 3 heterocycles. The predicted octanol–water partition coefficient (Wildman–Crippen LogP) is 0.572. The maximum Gasteiger partial charge on any atom is 0.244 e. The molecule has 0 fully saturated rings. The Labute approximate surface area is 127 Å². The Hall–Kier alpha value is -1.29. The van der Waals surface area contributed by atoms with Crippen LogP contribution in [0, 0.1) is 6.92 Å². The van der Waals surface area contributed by atoms with Gasteiger partial charge in [-0.15, -0.1) is 21.5 Å². The number of hydrogen-bond acceptors (Lipinski definition) is 6. The number of nitrogens with zero attached hydrogens (tertiary/aromatic N) is 4. The van der Waals surface area contributed by atoms with Gasteiger partial charge in [-0.1, -0.05) is 0 Å². The highest BCUT2D eigenvalue weighted by atomic mass is 32.2. The van der Waals surface area contributed by atoms with Crippen molar-refractivity contribution in [2.45, 2.75) is 31.5 Å². The van der Waals surface area contributed by atoms with Crippen LogP contribution in [0.25, 0.3) is 0 Å². The van der Waals surface area contributed by atoms with Gasteiger partial charge in [0.2, 0.25) is 10.0 Å². The summed E-state index contributed by atoms with van der Waals surface area (Å²) in [5, 5.41) is 12.7. The predicted molar refractivity (Wildman–Crippen MR) is 79.4 cm³/mol. The number of sulfonamides is 1. The van der Waals surface area contributed by atoms with Crippen LogP contribution in [0.5, 0.6) is 0 Å². The van der Waals surface area contributed by atoms with Crippen molar-refractivity contribution in [2.24, 2.45) is 0 Å². The summed E-state index contributed by atoms with van der Waals surface area (Å²) >= 11 is 1.48. The molecular weight excluding hydrogens is 310 g/mol. The van der Waals surface area contributed by atoms with Crippen LogP contribution in [0.1, 0.15) is 16.3 Å². The first-order valence-corrected chi connectivity index (χ1v) is 8.94. The summed E-state index contributed by atoms with van der Waals surface area (Å²) in [6.07, 6.45) is 1.64. The minimum Gasteiger partial charge on any atom is -0.315 e. The van der Waals surface area contributed by atoms with Crippen molar-refractivity contribution in [2.75, 3.05) is 13.6 Å². The molecule has 9 heteroatoms. The standard InChI is InChI=1S/C12H17N5O2S2/c1-9-7-20-10(5-13-2)12(9)21(18,19)17-4-3-16-8-14-15-11(16)6-17/h7-8,13H,3-6H2,1-2H3. The maximum atomic E-state index is 12.9. The van der Waals surface area contributed by atoms with Gasteiger partial charge in [-0.05, 0) is 24.9 Å². The fraction of sp³-hybridized carbons (Fsp3) is 0.500. The molecule has 2 aromatic heterocycles. The van der Waals surface area contributed by atoms with E-state index in [1.807, 2.05) is 23.9 Å². The summed E-state index contributed by atoms with van der Waals surface area (Å²) in [7, 11) is -1.69. The van der Waals surface area contributed by atoms with Gasteiger partial charge in [0.25, 0.3) is 0 Å². The van der Waals surface area contributed by atoms with Gasteiger partial charge >= 0.3 is 0 Å². The van der Waals surface area contributed by atoms with Crippen LogP contribution in [0.4, 0.5) is 0 Å². The normalized spacial score (nSPS) is 16.1. The molecule has 0 atom stereocenters. The van der Waals surface area contributed by atoms with Crippen LogP contribution in [0.2, 0.25) is 0 Å². The lowest BCUT2D eigenvalue weighted by molar-refractivity contribution is 0.335. The Bertz CT molecular complexity index is 750. The number of aromatic nitrogens is 3. The Morgan fingerprint density at radius 2 is 2.24 bits per heavy atom. The molecule has 2 aromatic rings. The van der Waals surface area contributed by atoms with Gasteiger partial charge in [0.15, 0.2) is 0 Å². The Morgan fingerprint density at radius 3 is 3.00 bits per heavy atom. The van der Waals surface area contributed by atoms with E-state index in [1.165, 1.54) is 15.6 Å². The first-order valence-electron chi connectivity index (χ1n) is 6.62. The average molecular weight is 327 g/mol. The third-order valence-electron chi connectivity index (χ3n) is 3.53. The number of rotatable bonds is 4. The van der Waals surface area contributed by atoms with Crippen molar-refractivity contribution in [3.05, 3.63) is 28.0 Å². The van der Waals surface area contributed by atoms with Gasteiger partial charge in [-0.3, -0.25) is 0 Å². The summed E-state index contributed by atoms with van der Waals surface area (Å²) < 4.78 is 29.3. The highest BCUT2D eigenvalue weighted by Gasteiger charge is 2.32. The zero-order chi connectivity index (χ0) is 15.0.